The molecule has 2 rings (SSSR count). The minimum atomic E-state index is -1.00. The van der Waals surface area contributed by atoms with Crippen molar-refractivity contribution in [2.45, 2.75) is 38.6 Å². The third-order valence-corrected chi connectivity index (χ3v) is 3.75. The number of aliphatic carboxylic acids is 1. The molecule has 1 saturated carbocycles. The molecule has 21 heavy (non-hydrogen) atoms. The highest BCUT2D eigenvalue weighted by atomic mass is 19.1. The molecular formula is C16H20FNO3. The Labute approximate surface area is 123 Å². The Kier molecular flexibility index (Phi) is 4.60. The van der Waals surface area contributed by atoms with Crippen LogP contribution in [-0.2, 0) is 9.59 Å². The average Bonchev–Trinajstić information content (AvgIpc) is 3.18. The van der Waals surface area contributed by atoms with E-state index in [-0.39, 0.29) is 29.5 Å². The van der Waals surface area contributed by atoms with Crippen molar-refractivity contribution in [2.24, 2.45) is 11.8 Å². The molecule has 2 unspecified atom stereocenters. The molecule has 4 nitrogen and oxygen atoms in total. The maximum absolute atomic E-state index is 12.9. The van der Waals surface area contributed by atoms with Crippen molar-refractivity contribution in [2.75, 3.05) is 0 Å². The van der Waals surface area contributed by atoms with Gasteiger partial charge in [0.1, 0.15) is 11.9 Å². The van der Waals surface area contributed by atoms with Crippen LogP contribution in [0.4, 0.5) is 4.39 Å². The molecule has 0 bridgehead atoms. The van der Waals surface area contributed by atoms with E-state index in [1.54, 1.807) is 12.1 Å². The van der Waals surface area contributed by atoms with Gasteiger partial charge in [0.15, 0.2) is 0 Å². The molecule has 2 N–H and O–H groups in total. The molecule has 1 fully saturated rings. The van der Waals surface area contributed by atoms with Gasteiger partial charge in [-0.15, -0.1) is 0 Å². The van der Waals surface area contributed by atoms with Gasteiger partial charge < -0.3 is 10.4 Å². The van der Waals surface area contributed by atoms with Crippen LogP contribution in [0.5, 0.6) is 0 Å². The van der Waals surface area contributed by atoms with E-state index in [2.05, 4.69) is 5.32 Å². The highest BCUT2D eigenvalue weighted by Crippen LogP contribution is 2.47. The monoisotopic (exact) mass is 293 g/mol. The van der Waals surface area contributed by atoms with E-state index in [0.29, 0.717) is 12.8 Å². The van der Waals surface area contributed by atoms with E-state index in [0.717, 1.165) is 5.56 Å². The topological polar surface area (TPSA) is 66.4 Å². The summed E-state index contributed by atoms with van der Waals surface area (Å²) < 4.78 is 12.9. The van der Waals surface area contributed by atoms with Crippen LogP contribution in [0, 0.1) is 17.7 Å². The third kappa shape index (κ3) is 4.03. The molecule has 5 heteroatoms. The van der Waals surface area contributed by atoms with Crippen LogP contribution in [0.15, 0.2) is 24.3 Å². The van der Waals surface area contributed by atoms with Crippen molar-refractivity contribution in [3.63, 3.8) is 0 Å². The van der Waals surface area contributed by atoms with Gasteiger partial charge in [-0.05, 0) is 42.4 Å². The van der Waals surface area contributed by atoms with Crippen LogP contribution in [-0.4, -0.2) is 23.0 Å². The van der Waals surface area contributed by atoms with Gasteiger partial charge in [-0.1, -0.05) is 26.0 Å². The van der Waals surface area contributed by atoms with Crippen molar-refractivity contribution >= 4 is 11.9 Å². The van der Waals surface area contributed by atoms with Crippen molar-refractivity contribution < 1.29 is 19.1 Å². The molecule has 1 amide bonds. The summed E-state index contributed by atoms with van der Waals surface area (Å²) in [6, 6.07) is 5.27. The molecule has 0 spiro atoms. The quantitative estimate of drug-likeness (QED) is 0.847. The zero-order chi connectivity index (χ0) is 15.6. The van der Waals surface area contributed by atoms with E-state index < -0.39 is 12.0 Å². The first-order valence-electron chi connectivity index (χ1n) is 7.17. The maximum Gasteiger partial charge on any atom is 0.326 e. The molecule has 1 aliphatic carbocycles. The number of carbonyl (C=O) groups excluding carboxylic acids is 1. The zero-order valence-corrected chi connectivity index (χ0v) is 12.2. The third-order valence-electron chi connectivity index (χ3n) is 3.75. The molecule has 0 aliphatic heterocycles. The fourth-order valence-electron chi connectivity index (χ4n) is 2.53. The molecular weight excluding hydrogens is 273 g/mol. The van der Waals surface area contributed by atoms with Gasteiger partial charge >= 0.3 is 5.97 Å². The molecule has 3 atom stereocenters. The molecule has 0 saturated heterocycles. The summed E-state index contributed by atoms with van der Waals surface area (Å²) in [6.07, 6.45) is 1.10. The van der Waals surface area contributed by atoms with Crippen molar-refractivity contribution in [1.29, 1.82) is 0 Å². The second-order valence-corrected chi connectivity index (χ2v) is 6.03. The maximum atomic E-state index is 12.9. The molecule has 0 heterocycles. The molecule has 1 aromatic rings. The lowest BCUT2D eigenvalue weighted by molar-refractivity contribution is -0.142. The number of benzene rings is 1. The summed E-state index contributed by atoms with van der Waals surface area (Å²) in [6.45, 7) is 3.83. The number of nitrogens with one attached hydrogen (secondary N) is 1. The van der Waals surface area contributed by atoms with Crippen molar-refractivity contribution in [3.05, 3.63) is 35.6 Å². The van der Waals surface area contributed by atoms with Gasteiger partial charge in [0.2, 0.25) is 5.91 Å². The average molecular weight is 293 g/mol. The number of hydrogen-bond acceptors (Lipinski definition) is 2. The minimum absolute atomic E-state index is 0.0686. The van der Waals surface area contributed by atoms with E-state index in [1.165, 1.54) is 12.1 Å². The summed E-state index contributed by atoms with van der Waals surface area (Å²) in [5, 5.41) is 11.7. The van der Waals surface area contributed by atoms with Crippen molar-refractivity contribution in [1.82, 2.24) is 5.32 Å². The standard InChI is InChI=1S/C16H20FNO3/c1-9(2)7-14(16(20)21)18-15(19)13-8-12(13)10-3-5-11(17)6-4-10/h3-6,9,12-14H,7-8H2,1-2H3,(H,18,19)(H,20,21)/t12?,13?,14-/m0/s1. The predicted molar refractivity (Wildman–Crippen MR) is 76.3 cm³/mol. The fourth-order valence-corrected chi connectivity index (χ4v) is 2.53. The number of carboxylic acids is 1. The van der Waals surface area contributed by atoms with Crippen LogP contribution in [0.2, 0.25) is 0 Å². The van der Waals surface area contributed by atoms with Gasteiger partial charge in [-0.2, -0.15) is 0 Å². The van der Waals surface area contributed by atoms with Crippen LogP contribution < -0.4 is 5.32 Å². The number of halogens is 1. The first kappa shape index (κ1) is 15.5. The SMILES string of the molecule is CC(C)C[C@H](NC(=O)C1CC1c1ccc(F)cc1)C(=O)O. The molecule has 1 aromatic carbocycles. The lowest BCUT2D eigenvalue weighted by Gasteiger charge is -2.16. The number of carboxylic acid groups (broad SMARTS) is 1. The number of hydrogen-bond donors (Lipinski definition) is 2. The normalized spacial score (nSPS) is 21.9. The van der Waals surface area contributed by atoms with E-state index in [9.17, 15) is 14.0 Å². The summed E-state index contributed by atoms with van der Waals surface area (Å²) >= 11 is 0. The minimum Gasteiger partial charge on any atom is -0.480 e. The van der Waals surface area contributed by atoms with Crippen molar-refractivity contribution in [3.8, 4) is 0 Å². The molecule has 114 valence electrons. The zero-order valence-electron chi connectivity index (χ0n) is 12.2. The Hall–Kier alpha value is -1.91. The van der Waals surface area contributed by atoms with Gasteiger partial charge in [-0.3, -0.25) is 4.79 Å². The Morgan fingerprint density at radius 3 is 2.48 bits per heavy atom. The molecule has 0 radical (unpaired) electrons. The lowest BCUT2D eigenvalue weighted by Crippen LogP contribution is -2.42. The van der Waals surface area contributed by atoms with E-state index in [1.807, 2.05) is 13.8 Å². The summed E-state index contributed by atoms with van der Waals surface area (Å²) in [7, 11) is 0. The van der Waals surface area contributed by atoms with Crippen LogP contribution in [0.1, 0.15) is 38.2 Å². The fraction of sp³-hybridized carbons (Fsp3) is 0.500. The summed E-state index contributed by atoms with van der Waals surface area (Å²) in [5.41, 5.74) is 0.923. The van der Waals surface area contributed by atoms with Crippen LogP contribution in [0.25, 0.3) is 0 Å². The Morgan fingerprint density at radius 1 is 1.33 bits per heavy atom. The number of rotatable bonds is 6. The van der Waals surface area contributed by atoms with E-state index in [4.69, 9.17) is 5.11 Å². The molecule has 1 aliphatic rings. The number of amides is 1. The Balaban J connectivity index is 1.93. The van der Waals surface area contributed by atoms with Gasteiger partial charge in [0, 0.05) is 5.92 Å². The lowest BCUT2D eigenvalue weighted by atomic mass is 10.0. The van der Waals surface area contributed by atoms with Gasteiger partial charge in [-0.25, -0.2) is 9.18 Å². The smallest absolute Gasteiger partial charge is 0.326 e. The van der Waals surface area contributed by atoms with Crippen LogP contribution in [0.3, 0.4) is 0 Å². The Bertz CT molecular complexity index is 527. The van der Waals surface area contributed by atoms with Gasteiger partial charge in [0.05, 0.1) is 0 Å². The molecule has 0 aromatic heterocycles. The highest BCUT2D eigenvalue weighted by Gasteiger charge is 2.44. The Morgan fingerprint density at radius 2 is 1.95 bits per heavy atom. The number of carbonyl (C=O) groups is 2. The van der Waals surface area contributed by atoms with Gasteiger partial charge in [0.25, 0.3) is 0 Å². The first-order valence-corrected chi connectivity index (χ1v) is 7.17. The first-order chi connectivity index (χ1) is 9.88. The highest BCUT2D eigenvalue weighted by molar-refractivity contribution is 5.87. The predicted octanol–water partition coefficient (Wildman–Crippen LogP) is 2.54. The van der Waals surface area contributed by atoms with Crippen LogP contribution >= 0.6 is 0 Å². The second kappa shape index (κ2) is 6.24. The van der Waals surface area contributed by atoms with E-state index >= 15 is 0 Å². The summed E-state index contributed by atoms with van der Waals surface area (Å²) in [5.74, 6) is -1.47. The largest absolute Gasteiger partial charge is 0.480 e. The second-order valence-electron chi connectivity index (χ2n) is 6.03. The summed E-state index contributed by atoms with van der Waals surface area (Å²) in [4.78, 5) is 23.2.